The van der Waals surface area contributed by atoms with Gasteiger partial charge in [-0.1, -0.05) is 18.2 Å². The highest BCUT2D eigenvalue weighted by atomic mass is 32.2. The maximum Gasteiger partial charge on any atom is 0.309 e. The molecule has 0 fully saturated rings. The molecule has 0 saturated carbocycles. The Bertz CT molecular complexity index is 528. The number of carbonyl (C=O) groups is 2. The van der Waals surface area contributed by atoms with E-state index < -0.39 is 11.4 Å². The van der Waals surface area contributed by atoms with Crippen molar-refractivity contribution < 1.29 is 14.7 Å². The predicted octanol–water partition coefficient (Wildman–Crippen LogP) is 2.84. The summed E-state index contributed by atoms with van der Waals surface area (Å²) in [5.74, 6) is -0.194. The Balaban J connectivity index is 2.05. The van der Waals surface area contributed by atoms with Crippen LogP contribution < -0.4 is 5.32 Å². The highest BCUT2D eigenvalue weighted by Gasteiger charge is 2.31. The molecule has 2 N–H and O–H groups in total. The van der Waals surface area contributed by atoms with Crippen molar-refractivity contribution in [2.75, 3.05) is 5.75 Å². The van der Waals surface area contributed by atoms with E-state index in [0.717, 1.165) is 17.7 Å². The van der Waals surface area contributed by atoms with Crippen LogP contribution in [0.1, 0.15) is 38.3 Å². The van der Waals surface area contributed by atoms with Crippen molar-refractivity contribution in [3.63, 3.8) is 0 Å². The number of amides is 1. The standard InChI is InChI=1S/C15H19NO3S/c1-15(2,14(18)19)9-13(17)16-11-7-8-20-12-6-4-3-5-10(11)12/h3-6,11H,7-9H2,1-2H3,(H,16,17)(H,18,19). The number of benzene rings is 1. The van der Waals surface area contributed by atoms with Gasteiger partial charge in [0.2, 0.25) is 5.91 Å². The summed E-state index contributed by atoms with van der Waals surface area (Å²) < 4.78 is 0. The first kappa shape index (κ1) is 14.9. The van der Waals surface area contributed by atoms with Gasteiger partial charge in [-0.25, -0.2) is 0 Å². The molecule has 1 aromatic rings. The van der Waals surface area contributed by atoms with E-state index in [9.17, 15) is 9.59 Å². The van der Waals surface area contributed by atoms with Crippen LogP contribution in [0.5, 0.6) is 0 Å². The highest BCUT2D eigenvalue weighted by Crippen LogP contribution is 2.36. The fraction of sp³-hybridized carbons (Fsp3) is 0.467. The number of carbonyl (C=O) groups excluding carboxylic acids is 1. The second-order valence-electron chi connectivity index (χ2n) is 5.66. The van der Waals surface area contributed by atoms with E-state index in [2.05, 4.69) is 11.4 Å². The van der Waals surface area contributed by atoms with Crippen molar-refractivity contribution in [3.05, 3.63) is 29.8 Å². The Morgan fingerprint density at radius 2 is 2.10 bits per heavy atom. The summed E-state index contributed by atoms with van der Waals surface area (Å²) in [6.45, 7) is 3.14. The third kappa shape index (κ3) is 3.33. The zero-order chi connectivity index (χ0) is 14.8. The number of hydrogen-bond donors (Lipinski definition) is 2. The summed E-state index contributed by atoms with van der Waals surface area (Å²) in [5, 5.41) is 12.0. The van der Waals surface area contributed by atoms with Gasteiger partial charge in [0, 0.05) is 17.1 Å². The summed E-state index contributed by atoms with van der Waals surface area (Å²) in [4.78, 5) is 24.3. The van der Waals surface area contributed by atoms with Crippen LogP contribution in [0.2, 0.25) is 0 Å². The molecule has 1 aromatic carbocycles. The van der Waals surface area contributed by atoms with Crippen LogP contribution >= 0.6 is 11.8 Å². The van der Waals surface area contributed by atoms with Crippen molar-refractivity contribution in [2.24, 2.45) is 5.41 Å². The molecule has 0 radical (unpaired) electrons. The SMILES string of the molecule is CC(C)(CC(=O)NC1CCSc2ccccc21)C(=O)O. The van der Waals surface area contributed by atoms with Gasteiger partial charge < -0.3 is 10.4 Å². The second kappa shape index (κ2) is 5.87. The average molecular weight is 293 g/mol. The molecule has 1 amide bonds. The molecule has 4 nitrogen and oxygen atoms in total. The van der Waals surface area contributed by atoms with E-state index in [4.69, 9.17) is 5.11 Å². The van der Waals surface area contributed by atoms with E-state index in [0.29, 0.717) is 0 Å². The number of nitrogens with one attached hydrogen (secondary N) is 1. The fourth-order valence-corrected chi connectivity index (χ4v) is 3.34. The third-order valence-corrected chi connectivity index (χ3v) is 4.60. The Morgan fingerprint density at radius 1 is 1.40 bits per heavy atom. The molecule has 0 aromatic heterocycles. The molecule has 2 rings (SSSR count). The molecule has 0 bridgehead atoms. The van der Waals surface area contributed by atoms with Crippen LogP contribution in [-0.4, -0.2) is 22.7 Å². The predicted molar refractivity (Wildman–Crippen MR) is 78.7 cm³/mol. The monoisotopic (exact) mass is 293 g/mol. The minimum atomic E-state index is -1.03. The number of carboxylic acids is 1. The van der Waals surface area contributed by atoms with Crippen molar-refractivity contribution >= 4 is 23.6 Å². The lowest BCUT2D eigenvalue weighted by Gasteiger charge is -2.27. The van der Waals surface area contributed by atoms with Gasteiger partial charge in [-0.15, -0.1) is 11.8 Å². The molecule has 108 valence electrons. The van der Waals surface area contributed by atoms with E-state index >= 15 is 0 Å². The molecule has 0 aliphatic carbocycles. The van der Waals surface area contributed by atoms with Gasteiger partial charge in [0.05, 0.1) is 11.5 Å². The smallest absolute Gasteiger partial charge is 0.309 e. The molecule has 1 atom stereocenters. The number of rotatable bonds is 4. The molecule has 1 aliphatic rings. The van der Waals surface area contributed by atoms with Gasteiger partial charge in [0.1, 0.15) is 0 Å². The lowest BCUT2D eigenvalue weighted by Crippen LogP contribution is -2.36. The summed E-state index contributed by atoms with van der Waals surface area (Å²) in [6.07, 6.45) is 0.870. The molecular weight excluding hydrogens is 274 g/mol. The van der Waals surface area contributed by atoms with Crippen molar-refractivity contribution in [1.82, 2.24) is 5.32 Å². The molecule has 1 aliphatic heterocycles. The summed E-state index contributed by atoms with van der Waals surface area (Å²) >= 11 is 1.79. The van der Waals surface area contributed by atoms with E-state index in [1.54, 1.807) is 25.6 Å². The van der Waals surface area contributed by atoms with E-state index in [1.165, 1.54) is 4.90 Å². The van der Waals surface area contributed by atoms with Crippen molar-refractivity contribution in [2.45, 2.75) is 37.6 Å². The lowest BCUT2D eigenvalue weighted by atomic mass is 9.89. The quantitative estimate of drug-likeness (QED) is 0.896. The van der Waals surface area contributed by atoms with E-state index in [-0.39, 0.29) is 18.4 Å². The summed E-state index contributed by atoms with van der Waals surface area (Å²) in [6, 6.07) is 8.02. The Labute approximate surface area is 123 Å². The Kier molecular flexibility index (Phi) is 4.38. The van der Waals surface area contributed by atoms with Crippen LogP contribution in [0.4, 0.5) is 0 Å². The van der Waals surface area contributed by atoms with Gasteiger partial charge >= 0.3 is 5.97 Å². The van der Waals surface area contributed by atoms with Crippen LogP contribution in [-0.2, 0) is 9.59 Å². The van der Waals surface area contributed by atoms with Gasteiger partial charge in [-0.3, -0.25) is 9.59 Å². The number of thioether (sulfide) groups is 1. The molecule has 0 saturated heterocycles. The first-order chi connectivity index (χ1) is 9.40. The van der Waals surface area contributed by atoms with Crippen molar-refractivity contribution in [1.29, 1.82) is 0 Å². The van der Waals surface area contributed by atoms with Gasteiger partial charge in [-0.05, 0) is 31.9 Å². The third-order valence-electron chi connectivity index (χ3n) is 3.48. The number of hydrogen-bond acceptors (Lipinski definition) is 3. The normalized spacial score (nSPS) is 18.2. The topological polar surface area (TPSA) is 66.4 Å². The number of fused-ring (bicyclic) bond motifs is 1. The minimum Gasteiger partial charge on any atom is -0.481 e. The first-order valence-electron chi connectivity index (χ1n) is 6.64. The van der Waals surface area contributed by atoms with Gasteiger partial charge in [-0.2, -0.15) is 0 Å². The van der Waals surface area contributed by atoms with Gasteiger partial charge in [0.25, 0.3) is 0 Å². The van der Waals surface area contributed by atoms with Crippen LogP contribution in [0.3, 0.4) is 0 Å². The molecular formula is C15H19NO3S. The lowest BCUT2D eigenvalue weighted by molar-refractivity contribution is -0.149. The fourth-order valence-electron chi connectivity index (χ4n) is 2.21. The summed E-state index contributed by atoms with van der Waals surface area (Å²) in [7, 11) is 0. The van der Waals surface area contributed by atoms with Crippen LogP contribution in [0, 0.1) is 5.41 Å². The summed E-state index contributed by atoms with van der Waals surface area (Å²) in [5.41, 5.74) is 0.0951. The maximum atomic E-state index is 12.1. The second-order valence-corrected chi connectivity index (χ2v) is 6.80. The number of aliphatic carboxylic acids is 1. The molecule has 1 unspecified atom stereocenters. The highest BCUT2D eigenvalue weighted by molar-refractivity contribution is 7.99. The Hall–Kier alpha value is -1.49. The molecule has 5 heteroatoms. The largest absolute Gasteiger partial charge is 0.481 e. The van der Waals surface area contributed by atoms with E-state index in [1.807, 2.05) is 18.2 Å². The minimum absolute atomic E-state index is 0.00581. The van der Waals surface area contributed by atoms with Crippen molar-refractivity contribution in [3.8, 4) is 0 Å². The average Bonchev–Trinajstić information content (AvgIpc) is 2.38. The molecule has 0 spiro atoms. The zero-order valence-electron chi connectivity index (χ0n) is 11.7. The molecule has 1 heterocycles. The van der Waals surface area contributed by atoms with Crippen LogP contribution in [0.25, 0.3) is 0 Å². The zero-order valence-corrected chi connectivity index (χ0v) is 12.5. The molecule has 20 heavy (non-hydrogen) atoms. The first-order valence-corrected chi connectivity index (χ1v) is 7.63. The van der Waals surface area contributed by atoms with Gasteiger partial charge in [0.15, 0.2) is 0 Å². The number of carboxylic acid groups (broad SMARTS) is 1. The maximum absolute atomic E-state index is 12.1. The van der Waals surface area contributed by atoms with Crippen LogP contribution in [0.15, 0.2) is 29.2 Å². The Morgan fingerprint density at radius 3 is 2.80 bits per heavy atom.